The van der Waals surface area contributed by atoms with Crippen molar-refractivity contribution in [3.63, 3.8) is 0 Å². The van der Waals surface area contributed by atoms with Gasteiger partial charge in [-0.05, 0) is 38.0 Å². The fourth-order valence-corrected chi connectivity index (χ4v) is 2.08. The molecule has 1 aromatic rings. The molecule has 2 unspecified atom stereocenters. The van der Waals surface area contributed by atoms with Crippen molar-refractivity contribution in [2.75, 3.05) is 6.54 Å². The molecule has 0 aliphatic heterocycles. The lowest BCUT2D eigenvalue weighted by Crippen LogP contribution is -2.43. The van der Waals surface area contributed by atoms with E-state index in [2.05, 4.69) is 17.6 Å². The second kappa shape index (κ2) is 7.39. The number of amides is 1. The standard InChI is InChI=1S/C14H21ClN2O/c1-4-13(11-7-6-8-12(15)9-11)17-10(3)14(18)16-5-2/h6-10,13,17H,4-5H2,1-3H3,(H,16,18). The Morgan fingerprint density at radius 2 is 2.11 bits per heavy atom. The lowest BCUT2D eigenvalue weighted by atomic mass is 10.0. The van der Waals surface area contributed by atoms with Gasteiger partial charge in [-0.2, -0.15) is 0 Å². The molecule has 2 N–H and O–H groups in total. The van der Waals surface area contributed by atoms with E-state index in [4.69, 9.17) is 11.6 Å². The summed E-state index contributed by atoms with van der Waals surface area (Å²) in [7, 11) is 0. The highest BCUT2D eigenvalue weighted by atomic mass is 35.5. The summed E-state index contributed by atoms with van der Waals surface area (Å²) in [6.45, 7) is 6.53. The molecule has 1 rings (SSSR count). The molecule has 1 amide bonds. The molecular formula is C14H21ClN2O. The first kappa shape index (κ1) is 15.0. The zero-order chi connectivity index (χ0) is 13.5. The topological polar surface area (TPSA) is 41.1 Å². The summed E-state index contributed by atoms with van der Waals surface area (Å²) in [4.78, 5) is 11.7. The Morgan fingerprint density at radius 3 is 2.67 bits per heavy atom. The summed E-state index contributed by atoms with van der Waals surface area (Å²) >= 11 is 5.99. The van der Waals surface area contributed by atoms with Crippen molar-refractivity contribution < 1.29 is 4.79 Å². The number of hydrogen-bond acceptors (Lipinski definition) is 2. The third kappa shape index (κ3) is 4.31. The molecule has 4 heteroatoms. The van der Waals surface area contributed by atoms with Crippen molar-refractivity contribution in [3.8, 4) is 0 Å². The van der Waals surface area contributed by atoms with Crippen LogP contribution in [-0.2, 0) is 4.79 Å². The minimum absolute atomic E-state index is 0.0259. The average Bonchev–Trinajstić information content (AvgIpc) is 2.35. The second-order valence-corrected chi connectivity index (χ2v) is 4.74. The summed E-state index contributed by atoms with van der Waals surface area (Å²) in [6.07, 6.45) is 0.907. The van der Waals surface area contributed by atoms with Crippen LogP contribution in [0.25, 0.3) is 0 Å². The van der Waals surface area contributed by atoms with E-state index in [1.165, 1.54) is 0 Å². The molecule has 18 heavy (non-hydrogen) atoms. The van der Waals surface area contributed by atoms with Crippen LogP contribution >= 0.6 is 11.6 Å². The molecule has 0 saturated carbocycles. The van der Waals surface area contributed by atoms with Crippen LogP contribution < -0.4 is 10.6 Å². The van der Waals surface area contributed by atoms with E-state index in [1.807, 2.05) is 38.1 Å². The van der Waals surface area contributed by atoms with Crippen LogP contribution in [0.4, 0.5) is 0 Å². The molecule has 2 atom stereocenters. The molecule has 0 radical (unpaired) electrons. The van der Waals surface area contributed by atoms with Crippen molar-refractivity contribution >= 4 is 17.5 Å². The average molecular weight is 269 g/mol. The quantitative estimate of drug-likeness (QED) is 0.833. The summed E-state index contributed by atoms with van der Waals surface area (Å²) in [5, 5.41) is 6.85. The first-order chi connectivity index (χ1) is 8.58. The van der Waals surface area contributed by atoms with Gasteiger partial charge in [-0.1, -0.05) is 30.7 Å². The largest absolute Gasteiger partial charge is 0.355 e. The zero-order valence-electron chi connectivity index (χ0n) is 11.2. The molecule has 1 aromatic carbocycles. The molecule has 100 valence electrons. The number of likely N-dealkylation sites (N-methyl/N-ethyl adjacent to an activating group) is 1. The summed E-state index contributed by atoms with van der Waals surface area (Å²) < 4.78 is 0. The number of rotatable bonds is 6. The SMILES string of the molecule is CCNC(=O)C(C)NC(CC)c1cccc(Cl)c1. The Hall–Kier alpha value is -1.06. The van der Waals surface area contributed by atoms with Crippen LogP contribution in [0.2, 0.25) is 5.02 Å². The van der Waals surface area contributed by atoms with Gasteiger partial charge in [0.05, 0.1) is 6.04 Å². The Kier molecular flexibility index (Phi) is 6.16. The molecule has 3 nitrogen and oxygen atoms in total. The van der Waals surface area contributed by atoms with Crippen molar-refractivity contribution in [2.24, 2.45) is 0 Å². The smallest absolute Gasteiger partial charge is 0.236 e. The van der Waals surface area contributed by atoms with Gasteiger partial charge in [0.15, 0.2) is 0 Å². The van der Waals surface area contributed by atoms with Gasteiger partial charge in [0, 0.05) is 17.6 Å². The van der Waals surface area contributed by atoms with Crippen LogP contribution in [0.1, 0.15) is 38.8 Å². The molecule has 0 aromatic heterocycles. The Morgan fingerprint density at radius 1 is 1.39 bits per heavy atom. The number of halogens is 1. The van der Waals surface area contributed by atoms with Gasteiger partial charge in [-0.15, -0.1) is 0 Å². The fourth-order valence-electron chi connectivity index (χ4n) is 1.88. The number of carbonyl (C=O) groups is 1. The first-order valence-corrected chi connectivity index (χ1v) is 6.75. The molecule has 0 aliphatic carbocycles. The van der Waals surface area contributed by atoms with E-state index in [0.717, 1.165) is 17.0 Å². The Labute approximate surface area is 114 Å². The van der Waals surface area contributed by atoms with Gasteiger partial charge in [-0.25, -0.2) is 0 Å². The second-order valence-electron chi connectivity index (χ2n) is 4.30. The van der Waals surface area contributed by atoms with Gasteiger partial charge >= 0.3 is 0 Å². The highest BCUT2D eigenvalue weighted by molar-refractivity contribution is 6.30. The maximum atomic E-state index is 11.7. The zero-order valence-corrected chi connectivity index (χ0v) is 11.9. The van der Waals surface area contributed by atoms with E-state index in [9.17, 15) is 4.79 Å². The monoisotopic (exact) mass is 268 g/mol. The van der Waals surface area contributed by atoms with Crippen molar-refractivity contribution in [3.05, 3.63) is 34.9 Å². The van der Waals surface area contributed by atoms with E-state index in [1.54, 1.807) is 0 Å². The Bertz CT molecular complexity index is 395. The molecule has 0 spiro atoms. The third-order valence-electron chi connectivity index (χ3n) is 2.85. The van der Waals surface area contributed by atoms with Crippen molar-refractivity contribution in [1.82, 2.24) is 10.6 Å². The minimum atomic E-state index is -0.214. The number of carbonyl (C=O) groups excluding carboxylic acids is 1. The van der Waals surface area contributed by atoms with Gasteiger partial charge in [0.25, 0.3) is 0 Å². The molecule has 0 fully saturated rings. The van der Waals surface area contributed by atoms with E-state index in [0.29, 0.717) is 6.54 Å². The molecule has 0 heterocycles. The summed E-state index contributed by atoms with van der Waals surface area (Å²) in [5.41, 5.74) is 1.11. The van der Waals surface area contributed by atoms with E-state index >= 15 is 0 Å². The van der Waals surface area contributed by atoms with Crippen LogP contribution in [0.15, 0.2) is 24.3 Å². The predicted molar refractivity (Wildman–Crippen MR) is 75.8 cm³/mol. The van der Waals surface area contributed by atoms with Crippen LogP contribution in [-0.4, -0.2) is 18.5 Å². The van der Waals surface area contributed by atoms with Crippen molar-refractivity contribution in [2.45, 2.75) is 39.3 Å². The maximum Gasteiger partial charge on any atom is 0.236 e. The van der Waals surface area contributed by atoms with Crippen LogP contribution in [0.3, 0.4) is 0 Å². The summed E-state index contributed by atoms with van der Waals surface area (Å²) in [5.74, 6) is 0.0259. The van der Waals surface area contributed by atoms with Gasteiger partial charge in [-0.3, -0.25) is 10.1 Å². The van der Waals surface area contributed by atoms with Gasteiger partial charge in [0.1, 0.15) is 0 Å². The van der Waals surface area contributed by atoms with E-state index < -0.39 is 0 Å². The van der Waals surface area contributed by atoms with E-state index in [-0.39, 0.29) is 18.0 Å². The number of benzene rings is 1. The number of nitrogens with one attached hydrogen (secondary N) is 2. The van der Waals surface area contributed by atoms with Gasteiger partial charge < -0.3 is 5.32 Å². The molecular weight excluding hydrogens is 248 g/mol. The van der Waals surface area contributed by atoms with Crippen LogP contribution in [0, 0.1) is 0 Å². The van der Waals surface area contributed by atoms with Gasteiger partial charge in [0.2, 0.25) is 5.91 Å². The highest BCUT2D eigenvalue weighted by Gasteiger charge is 2.17. The minimum Gasteiger partial charge on any atom is -0.355 e. The number of hydrogen-bond donors (Lipinski definition) is 2. The lowest BCUT2D eigenvalue weighted by Gasteiger charge is -2.22. The Balaban J connectivity index is 2.70. The lowest BCUT2D eigenvalue weighted by molar-refractivity contribution is -0.122. The summed E-state index contributed by atoms with van der Waals surface area (Å²) in [6, 6.07) is 7.67. The van der Waals surface area contributed by atoms with Crippen LogP contribution in [0.5, 0.6) is 0 Å². The normalized spacial score (nSPS) is 14.0. The predicted octanol–water partition coefficient (Wildman–Crippen LogP) is 2.91. The molecule has 0 bridgehead atoms. The first-order valence-electron chi connectivity index (χ1n) is 6.37. The fraction of sp³-hybridized carbons (Fsp3) is 0.500. The maximum absolute atomic E-state index is 11.7. The molecule has 0 saturated heterocycles. The third-order valence-corrected chi connectivity index (χ3v) is 3.09. The highest BCUT2D eigenvalue weighted by Crippen LogP contribution is 2.20. The van der Waals surface area contributed by atoms with Crippen molar-refractivity contribution in [1.29, 1.82) is 0 Å². The molecule has 0 aliphatic rings.